The number of hydrogen-bond acceptors (Lipinski definition) is 3. The molecular weight excluding hydrogens is 310 g/mol. The van der Waals surface area contributed by atoms with Crippen molar-refractivity contribution in [2.24, 2.45) is 15.9 Å². The summed E-state index contributed by atoms with van der Waals surface area (Å²) in [5.74, 6) is 1.65. The molecule has 0 bridgehead atoms. The minimum Gasteiger partial charge on any atom is -0.455 e. The van der Waals surface area contributed by atoms with Gasteiger partial charge in [0, 0.05) is 16.1 Å². The smallest absolute Gasteiger partial charge is 0.153 e. The van der Waals surface area contributed by atoms with Gasteiger partial charge in [0.25, 0.3) is 0 Å². The molecule has 0 radical (unpaired) electrons. The van der Waals surface area contributed by atoms with Crippen molar-refractivity contribution < 1.29 is 4.42 Å². The number of amidine groups is 1. The molecule has 0 amide bonds. The molecule has 0 spiro atoms. The summed E-state index contributed by atoms with van der Waals surface area (Å²) in [5.41, 5.74) is 7.59. The molecule has 1 aromatic heterocycles. The number of rotatable bonds is 4. The van der Waals surface area contributed by atoms with E-state index in [-0.39, 0.29) is 0 Å². The van der Waals surface area contributed by atoms with Gasteiger partial charge in [-0.1, -0.05) is 54.1 Å². The number of halogens is 1. The van der Waals surface area contributed by atoms with E-state index in [9.17, 15) is 0 Å². The number of furan rings is 1. The monoisotopic (exact) mass is 323 g/mol. The molecule has 0 unspecified atom stereocenters. The minimum atomic E-state index is 0.350. The first-order valence-electron chi connectivity index (χ1n) is 7.00. The van der Waals surface area contributed by atoms with Crippen LogP contribution in [0.4, 0.5) is 0 Å². The minimum absolute atomic E-state index is 0.350. The normalized spacial score (nSPS) is 12.0. The first kappa shape index (κ1) is 15.1. The van der Waals surface area contributed by atoms with Gasteiger partial charge in [-0.25, -0.2) is 0 Å². The van der Waals surface area contributed by atoms with Gasteiger partial charge in [0.1, 0.15) is 11.5 Å². The van der Waals surface area contributed by atoms with Crippen LogP contribution in [0.25, 0.3) is 11.3 Å². The van der Waals surface area contributed by atoms with Gasteiger partial charge in [-0.15, -0.1) is 5.10 Å². The van der Waals surface area contributed by atoms with Gasteiger partial charge >= 0.3 is 0 Å². The molecule has 0 saturated carbocycles. The second-order valence-corrected chi connectivity index (χ2v) is 5.24. The van der Waals surface area contributed by atoms with Crippen molar-refractivity contribution in [2.75, 3.05) is 0 Å². The van der Waals surface area contributed by atoms with E-state index in [1.165, 1.54) is 6.21 Å². The SMILES string of the molecule is NC(=NN=Cc1ccc(-c2cccc(Cl)c2)o1)c1ccccc1. The third-order valence-electron chi connectivity index (χ3n) is 3.16. The van der Waals surface area contributed by atoms with Crippen molar-refractivity contribution in [2.45, 2.75) is 0 Å². The Morgan fingerprint density at radius 2 is 1.83 bits per heavy atom. The fourth-order valence-corrected chi connectivity index (χ4v) is 2.22. The van der Waals surface area contributed by atoms with Gasteiger partial charge in [-0.05, 0) is 24.3 Å². The molecule has 2 N–H and O–H groups in total. The maximum atomic E-state index is 5.98. The van der Waals surface area contributed by atoms with E-state index >= 15 is 0 Å². The highest BCUT2D eigenvalue weighted by Gasteiger charge is 2.03. The molecule has 0 aliphatic rings. The molecule has 0 aliphatic heterocycles. The zero-order valence-electron chi connectivity index (χ0n) is 12.2. The van der Waals surface area contributed by atoms with E-state index in [0.29, 0.717) is 22.4 Å². The van der Waals surface area contributed by atoms with E-state index in [4.69, 9.17) is 21.8 Å². The predicted octanol–water partition coefficient (Wildman–Crippen LogP) is 4.34. The third-order valence-corrected chi connectivity index (χ3v) is 3.39. The second kappa shape index (κ2) is 6.94. The van der Waals surface area contributed by atoms with Crippen molar-refractivity contribution in [3.8, 4) is 11.3 Å². The maximum Gasteiger partial charge on any atom is 0.153 e. The highest BCUT2D eigenvalue weighted by atomic mass is 35.5. The second-order valence-electron chi connectivity index (χ2n) is 4.81. The maximum absolute atomic E-state index is 5.98. The van der Waals surface area contributed by atoms with Crippen molar-refractivity contribution in [1.82, 2.24) is 0 Å². The average molecular weight is 324 g/mol. The highest BCUT2D eigenvalue weighted by molar-refractivity contribution is 6.30. The zero-order chi connectivity index (χ0) is 16.1. The lowest BCUT2D eigenvalue weighted by atomic mass is 10.2. The zero-order valence-corrected chi connectivity index (χ0v) is 12.9. The fraction of sp³-hybridized carbons (Fsp3) is 0. The Hall–Kier alpha value is -2.85. The van der Waals surface area contributed by atoms with Crippen LogP contribution in [0.2, 0.25) is 5.02 Å². The molecule has 4 nitrogen and oxygen atoms in total. The van der Waals surface area contributed by atoms with E-state index in [1.54, 1.807) is 0 Å². The molecule has 2 aromatic carbocycles. The van der Waals surface area contributed by atoms with Gasteiger partial charge < -0.3 is 10.2 Å². The Bertz CT molecular complexity index is 853. The van der Waals surface area contributed by atoms with E-state index in [1.807, 2.05) is 66.7 Å². The molecule has 0 aliphatic carbocycles. The fourth-order valence-electron chi connectivity index (χ4n) is 2.03. The molecule has 3 aromatic rings. The van der Waals surface area contributed by atoms with E-state index in [0.717, 1.165) is 11.1 Å². The van der Waals surface area contributed by atoms with Crippen LogP contribution >= 0.6 is 11.6 Å². The summed E-state index contributed by atoms with van der Waals surface area (Å²) in [6, 6.07) is 20.6. The standard InChI is InChI=1S/C18H14ClN3O/c19-15-8-4-7-14(11-15)17-10-9-16(23-17)12-21-22-18(20)13-5-2-1-3-6-13/h1-12H,(H2,20,22). The molecular formula is C18H14ClN3O. The summed E-state index contributed by atoms with van der Waals surface area (Å²) in [6.07, 6.45) is 1.52. The van der Waals surface area contributed by atoms with Crippen molar-refractivity contribution in [3.63, 3.8) is 0 Å². The molecule has 0 saturated heterocycles. The van der Waals surface area contributed by atoms with Gasteiger partial charge in [-0.2, -0.15) is 5.10 Å². The molecule has 0 atom stereocenters. The summed E-state index contributed by atoms with van der Waals surface area (Å²) in [5, 5.41) is 8.59. The Morgan fingerprint density at radius 3 is 2.61 bits per heavy atom. The molecule has 0 fully saturated rings. The van der Waals surface area contributed by atoms with Crippen LogP contribution in [0.5, 0.6) is 0 Å². The predicted molar refractivity (Wildman–Crippen MR) is 93.9 cm³/mol. The Kier molecular flexibility index (Phi) is 4.54. The molecule has 1 heterocycles. The molecule has 3 rings (SSSR count). The first-order chi connectivity index (χ1) is 11.2. The lowest BCUT2D eigenvalue weighted by Gasteiger charge is -1.97. The van der Waals surface area contributed by atoms with E-state index < -0.39 is 0 Å². The summed E-state index contributed by atoms with van der Waals surface area (Å²) in [6.45, 7) is 0. The number of nitrogens with two attached hydrogens (primary N) is 1. The van der Waals surface area contributed by atoms with Crippen molar-refractivity contribution in [1.29, 1.82) is 0 Å². The Morgan fingerprint density at radius 1 is 1.00 bits per heavy atom. The number of benzene rings is 2. The summed E-state index contributed by atoms with van der Waals surface area (Å²) in [7, 11) is 0. The molecule has 5 heteroatoms. The lowest BCUT2D eigenvalue weighted by molar-refractivity contribution is 0.575. The molecule has 23 heavy (non-hydrogen) atoms. The third kappa shape index (κ3) is 3.87. The Labute approximate surface area is 138 Å². The van der Waals surface area contributed by atoms with Crippen LogP contribution in [0.1, 0.15) is 11.3 Å². The van der Waals surface area contributed by atoms with E-state index in [2.05, 4.69) is 10.2 Å². The summed E-state index contributed by atoms with van der Waals surface area (Å²) < 4.78 is 5.69. The van der Waals surface area contributed by atoms with Crippen molar-refractivity contribution in [3.05, 3.63) is 83.1 Å². The number of hydrogen-bond donors (Lipinski definition) is 1. The van der Waals surface area contributed by atoms with Gasteiger partial charge in [0.15, 0.2) is 5.84 Å². The van der Waals surface area contributed by atoms with Crippen LogP contribution < -0.4 is 5.73 Å². The lowest BCUT2D eigenvalue weighted by Crippen LogP contribution is -2.12. The summed E-state index contributed by atoms with van der Waals surface area (Å²) >= 11 is 5.98. The topological polar surface area (TPSA) is 63.9 Å². The Balaban J connectivity index is 1.74. The van der Waals surface area contributed by atoms with Crippen LogP contribution in [0.3, 0.4) is 0 Å². The number of nitrogens with zero attached hydrogens (tertiary/aromatic N) is 2. The largest absolute Gasteiger partial charge is 0.455 e. The van der Waals surface area contributed by atoms with Crippen LogP contribution in [0.15, 0.2) is 81.4 Å². The van der Waals surface area contributed by atoms with Crippen LogP contribution in [-0.2, 0) is 0 Å². The molecule has 114 valence electrons. The highest BCUT2D eigenvalue weighted by Crippen LogP contribution is 2.24. The summed E-state index contributed by atoms with van der Waals surface area (Å²) in [4.78, 5) is 0. The van der Waals surface area contributed by atoms with Crippen LogP contribution in [-0.4, -0.2) is 12.1 Å². The van der Waals surface area contributed by atoms with Crippen molar-refractivity contribution >= 4 is 23.7 Å². The quantitative estimate of drug-likeness (QED) is 0.441. The first-order valence-corrected chi connectivity index (χ1v) is 7.38. The van der Waals surface area contributed by atoms with Gasteiger partial charge in [-0.3, -0.25) is 0 Å². The van der Waals surface area contributed by atoms with Gasteiger partial charge in [0.05, 0.1) is 6.21 Å². The van der Waals surface area contributed by atoms with Gasteiger partial charge in [0.2, 0.25) is 0 Å². The average Bonchev–Trinajstić information content (AvgIpc) is 3.04. The van der Waals surface area contributed by atoms with Crippen LogP contribution in [0, 0.1) is 0 Å².